The Morgan fingerprint density at radius 1 is 1.00 bits per heavy atom. The predicted octanol–water partition coefficient (Wildman–Crippen LogP) is 2.33. The Hall–Kier alpha value is -1.11. The van der Waals surface area contributed by atoms with Crippen molar-refractivity contribution < 1.29 is 0 Å². The number of hydrogen-bond donors (Lipinski definition) is 1. The fourth-order valence-corrected chi connectivity index (χ4v) is 1.60. The molecular formula is C11H8NSe. The van der Waals surface area contributed by atoms with Gasteiger partial charge in [-0.1, -0.05) is 0 Å². The monoisotopic (exact) mass is 234 g/mol. The SMILES string of the molecule is N=C([Se])c1ccc2ccccc2c1. The first-order chi connectivity index (χ1) is 6.27. The summed E-state index contributed by atoms with van der Waals surface area (Å²) in [6.45, 7) is 0. The van der Waals surface area contributed by atoms with Gasteiger partial charge in [-0.3, -0.25) is 0 Å². The van der Waals surface area contributed by atoms with Crippen molar-refractivity contribution in [2.24, 2.45) is 0 Å². The van der Waals surface area contributed by atoms with Gasteiger partial charge in [0.15, 0.2) is 0 Å². The third kappa shape index (κ3) is 1.64. The molecule has 2 aromatic carbocycles. The molecule has 0 unspecified atom stereocenters. The number of hydrogen-bond acceptors (Lipinski definition) is 1. The van der Waals surface area contributed by atoms with Crippen molar-refractivity contribution in [3.8, 4) is 0 Å². The van der Waals surface area contributed by atoms with Gasteiger partial charge in [0.25, 0.3) is 0 Å². The molecule has 2 heteroatoms. The van der Waals surface area contributed by atoms with E-state index in [1.54, 1.807) is 0 Å². The standard InChI is InChI=1S/C11H8NSe/c12-11(13)10-6-5-8-3-1-2-4-9(8)7-10/h1-7,12H. The second-order valence-corrected chi connectivity index (χ2v) is 3.75. The van der Waals surface area contributed by atoms with Crippen LogP contribution in [0, 0.1) is 5.41 Å². The molecule has 0 aliphatic heterocycles. The van der Waals surface area contributed by atoms with E-state index in [4.69, 9.17) is 5.41 Å². The summed E-state index contributed by atoms with van der Waals surface area (Å²) in [6.07, 6.45) is 0. The van der Waals surface area contributed by atoms with Gasteiger partial charge in [0, 0.05) is 0 Å². The quantitative estimate of drug-likeness (QED) is 0.577. The van der Waals surface area contributed by atoms with Crippen molar-refractivity contribution in [1.82, 2.24) is 0 Å². The van der Waals surface area contributed by atoms with Crippen LogP contribution in [0.2, 0.25) is 0 Å². The van der Waals surface area contributed by atoms with Crippen LogP contribution < -0.4 is 0 Å². The Morgan fingerprint density at radius 2 is 1.69 bits per heavy atom. The first-order valence-corrected chi connectivity index (χ1v) is 4.88. The van der Waals surface area contributed by atoms with Crippen molar-refractivity contribution in [3.05, 3.63) is 48.0 Å². The van der Waals surface area contributed by atoms with E-state index in [0.29, 0.717) is 4.61 Å². The van der Waals surface area contributed by atoms with Crippen molar-refractivity contribution in [1.29, 1.82) is 5.41 Å². The summed E-state index contributed by atoms with van der Waals surface area (Å²) in [5.74, 6) is 0. The molecule has 0 aliphatic rings. The first kappa shape index (κ1) is 8.49. The van der Waals surface area contributed by atoms with E-state index in [1.165, 1.54) is 10.8 Å². The normalized spacial score (nSPS) is 10.2. The van der Waals surface area contributed by atoms with Gasteiger partial charge in [-0.15, -0.1) is 0 Å². The molecule has 0 fully saturated rings. The molecule has 1 radical (unpaired) electrons. The minimum atomic E-state index is 0.491. The van der Waals surface area contributed by atoms with E-state index < -0.39 is 0 Å². The molecule has 2 aromatic rings. The van der Waals surface area contributed by atoms with Gasteiger partial charge in [-0.05, 0) is 0 Å². The van der Waals surface area contributed by atoms with E-state index in [0.717, 1.165) is 5.56 Å². The Labute approximate surface area is 85.1 Å². The zero-order valence-electron chi connectivity index (χ0n) is 6.95. The first-order valence-electron chi connectivity index (χ1n) is 4.02. The van der Waals surface area contributed by atoms with Crippen LogP contribution in [0.4, 0.5) is 0 Å². The van der Waals surface area contributed by atoms with Gasteiger partial charge in [0.2, 0.25) is 0 Å². The second kappa shape index (κ2) is 3.33. The van der Waals surface area contributed by atoms with E-state index in [1.807, 2.05) is 30.3 Å². The van der Waals surface area contributed by atoms with Gasteiger partial charge < -0.3 is 0 Å². The molecule has 0 saturated carbocycles. The van der Waals surface area contributed by atoms with Crippen molar-refractivity contribution in [2.75, 3.05) is 0 Å². The number of nitrogens with one attached hydrogen (secondary N) is 1. The zero-order valence-corrected chi connectivity index (χ0v) is 8.66. The molecule has 13 heavy (non-hydrogen) atoms. The molecule has 0 aliphatic carbocycles. The van der Waals surface area contributed by atoms with E-state index in [2.05, 4.69) is 28.1 Å². The molecule has 2 rings (SSSR count). The van der Waals surface area contributed by atoms with Crippen molar-refractivity contribution in [2.45, 2.75) is 0 Å². The Balaban J connectivity index is 2.69. The zero-order chi connectivity index (χ0) is 9.26. The van der Waals surface area contributed by atoms with Crippen LogP contribution in [0.3, 0.4) is 0 Å². The van der Waals surface area contributed by atoms with E-state index in [9.17, 15) is 0 Å². The summed E-state index contributed by atoms with van der Waals surface area (Å²) < 4.78 is 0.491. The topological polar surface area (TPSA) is 23.9 Å². The minimum absolute atomic E-state index is 0.491. The molecule has 0 amide bonds. The molecule has 0 atom stereocenters. The number of rotatable bonds is 1. The van der Waals surface area contributed by atoms with Crippen LogP contribution in [0.1, 0.15) is 5.56 Å². The summed E-state index contributed by atoms with van der Waals surface area (Å²) in [4.78, 5) is 0. The molecule has 1 nitrogen and oxygen atoms in total. The van der Waals surface area contributed by atoms with Gasteiger partial charge in [0.05, 0.1) is 0 Å². The fraction of sp³-hybridized carbons (Fsp3) is 0. The second-order valence-electron chi connectivity index (χ2n) is 2.89. The maximum atomic E-state index is 7.46. The molecule has 0 aromatic heterocycles. The molecule has 1 N–H and O–H groups in total. The third-order valence-electron chi connectivity index (χ3n) is 2.01. The average Bonchev–Trinajstić information content (AvgIpc) is 2.17. The van der Waals surface area contributed by atoms with Crippen molar-refractivity contribution in [3.63, 3.8) is 0 Å². The fourth-order valence-electron chi connectivity index (χ4n) is 1.33. The van der Waals surface area contributed by atoms with E-state index >= 15 is 0 Å². The Morgan fingerprint density at radius 3 is 2.38 bits per heavy atom. The summed E-state index contributed by atoms with van der Waals surface area (Å²) in [6, 6.07) is 14.2. The molecule has 0 saturated heterocycles. The molecule has 63 valence electrons. The summed E-state index contributed by atoms with van der Waals surface area (Å²) in [5, 5.41) is 9.85. The Kier molecular flexibility index (Phi) is 2.17. The molecular weight excluding hydrogens is 225 g/mol. The van der Waals surface area contributed by atoms with Crippen LogP contribution in [-0.4, -0.2) is 20.6 Å². The van der Waals surface area contributed by atoms with Crippen molar-refractivity contribution >= 4 is 31.4 Å². The van der Waals surface area contributed by atoms with E-state index in [-0.39, 0.29) is 0 Å². The molecule has 0 heterocycles. The predicted molar refractivity (Wildman–Crippen MR) is 56.5 cm³/mol. The third-order valence-corrected chi connectivity index (χ3v) is 2.51. The molecule has 0 bridgehead atoms. The average molecular weight is 233 g/mol. The summed E-state index contributed by atoms with van der Waals surface area (Å²) in [5.41, 5.74) is 0.943. The van der Waals surface area contributed by atoms with Crippen LogP contribution in [0.5, 0.6) is 0 Å². The van der Waals surface area contributed by atoms with Gasteiger partial charge in [0.1, 0.15) is 0 Å². The van der Waals surface area contributed by atoms with Gasteiger partial charge in [-0.2, -0.15) is 0 Å². The van der Waals surface area contributed by atoms with Gasteiger partial charge >= 0.3 is 84.8 Å². The Bertz CT molecular complexity index is 462. The van der Waals surface area contributed by atoms with Gasteiger partial charge in [-0.25, -0.2) is 0 Å². The van der Waals surface area contributed by atoms with Crippen LogP contribution >= 0.6 is 0 Å². The summed E-state index contributed by atoms with van der Waals surface area (Å²) in [7, 11) is 0. The molecule has 0 spiro atoms. The maximum absolute atomic E-state index is 7.46. The number of benzene rings is 2. The number of fused-ring (bicyclic) bond motifs is 1. The van der Waals surface area contributed by atoms with Crippen LogP contribution in [-0.2, 0) is 0 Å². The van der Waals surface area contributed by atoms with Crippen LogP contribution in [0.15, 0.2) is 42.5 Å². The summed E-state index contributed by atoms with van der Waals surface area (Å²) >= 11 is 2.70. The van der Waals surface area contributed by atoms with Crippen LogP contribution in [0.25, 0.3) is 10.8 Å².